The van der Waals surface area contributed by atoms with Crippen molar-refractivity contribution in [1.29, 1.82) is 0 Å². The van der Waals surface area contributed by atoms with Gasteiger partial charge in [-0.05, 0) is 55.9 Å². The summed E-state index contributed by atoms with van der Waals surface area (Å²) < 4.78 is 0. The minimum absolute atomic E-state index is 0.147. The molecule has 0 saturated carbocycles. The normalized spacial score (nSPS) is 20.1. The van der Waals surface area contributed by atoms with Crippen molar-refractivity contribution >= 4 is 5.91 Å². The number of pyridine rings is 1. The summed E-state index contributed by atoms with van der Waals surface area (Å²) in [6, 6.07) is 14.3. The fourth-order valence-corrected chi connectivity index (χ4v) is 3.65. The summed E-state index contributed by atoms with van der Waals surface area (Å²) in [4.78, 5) is 18.9. The molecule has 1 fully saturated rings. The fraction of sp³-hybridized carbons (Fsp3) is 0.455. The Labute approximate surface area is 161 Å². The van der Waals surface area contributed by atoms with Crippen LogP contribution in [0.5, 0.6) is 0 Å². The molecule has 1 aliphatic rings. The lowest BCUT2D eigenvalue weighted by atomic mass is 9.91. The number of amides is 1. The topological polar surface area (TPSA) is 65.5 Å². The number of aryl methyl sites for hydroxylation is 2. The van der Waals surface area contributed by atoms with E-state index < -0.39 is 5.60 Å². The number of nitrogens with zero attached hydrogens (tertiary/aromatic N) is 2. The van der Waals surface area contributed by atoms with Gasteiger partial charge in [-0.2, -0.15) is 0 Å². The van der Waals surface area contributed by atoms with Crippen LogP contribution in [0.15, 0.2) is 48.7 Å². The predicted molar refractivity (Wildman–Crippen MR) is 106 cm³/mol. The zero-order valence-electron chi connectivity index (χ0n) is 16.0. The lowest BCUT2D eigenvalue weighted by Gasteiger charge is -2.38. The number of aromatic nitrogens is 1. The van der Waals surface area contributed by atoms with E-state index in [0.29, 0.717) is 19.5 Å². The Hall–Kier alpha value is -2.24. The number of carbonyl (C=O) groups is 1. The maximum atomic E-state index is 12.8. The first-order valence-corrected chi connectivity index (χ1v) is 9.75. The molecule has 144 valence electrons. The Balaban J connectivity index is 1.48. The van der Waals surface area contributed by atoms with Crippen LogP contribution in [0.25, 0.3) is 0 Å². The molecule has 5 heteroatoms. The molecule has 2 heterocycles. The van der Waals surface area contributed by atoms with E-state index in [4.69, 9.17) is 0 Å². The molecule has 1 aliphatic heterocycles. The molecule has 27 heavy (non-hydrogen) atoms. The second-order valence-electron chi connectivity index (χ2n) is 7.44. The van der Waals surface area contributed by atoms with Crippen LogP contribution in [0, 0.1) is 6.92 Å². The van der Waals surface area contributed by atoms with Crippen molar-refractivity contribution < 1.29 is 9.90 Å². The van der Waals surface area contributed by atoms with Gasteiger partial charge in [0.25, 0.3) is 5.91 Å². The molecule has 0 spiro atoms. The van der Waals surface area contributed by atoms with Gasteiger partial charge in [-0.15, -0.1) is 0 Å². The SMILES string of the molecule is Cc1ccnc(CNCC2(O)CCCN(CCCc3ccccc3)C2=O)c1. The van der Waals surface area contributed by atoms with E-state index in [1.165, 1.54) is 5.56 Å². The quantitative estimate of drug-likeness (QED) is 0.752. The Bertz CT molecular complexity index is 750. The van der Waals surface area contributed by atoms with E-state index in [0.717, 1.165) is 37.1 Å². The first-order valence-electron chi connectivity index (χ1n) is 9.75. The summed E-state index contributed by atoms with van der Waals surface area (Å²) in [7, 11) is 0. The highest BCUT2D eigenvalue weighted by Gasteiger charge is 2.41. The Morgan fingerprint density at radius 1 is 1.26 bits per heavy atom. The first kappa shape index (κ1) is 19.5. The van der Waals surface area contributed by atoms with Crippen LogP contribution in [-0.2, 0) is 17.8 Å². The number of hydrogen-bond donors (Lipinski definition) is 2. The molecule has 1 saturated heterocycles. The zero-order chi connectivity index (χ0) is 19.1. The molecule has 0 aliphatic carbocycles. The molecule has 1 unspecified atom stereocenters. The number of piperidine rings is 1. The van der Waals surface area contributed by atoms with Crippen LogP contribution in [-0.4, -0.2) is 46.1 Å². The van der Waals surface area contributed by atoms with Crippen molar-refractivity contribution in [2.45, 2.75) is 44.8 Å². The third kappa shape index (κ3) is 5.37. The minimum Gasteiger partial charge on any atom is -0.379 e. The first-order chi connectivity index (χ1) is 13.1. The van der Waals surface area contributed by atoms with Crippen LogP contribution < -0.4 is 5.32 Å². The zero-order valence-corrected chi connectivity index (χ0v) is 16.0. The summed E-state index contributed by atoms with van der Waals surface area (Å²) in [6.45, 7) is 4.25. The van der Waals surface area contributed by atoms with Crippen molar-refractivity contribution in [3.05, 3.63) is 65.5 Å². The number of carbonyl (C=O) groups excluding carboxylic acids is 1. The van der Waals surface area contributed by atoms with Crippen LogP contribution in [0.3, 0.4) is 0 Å². The van der Waals surface area contributed by atoms with E-state index in [-0.39, 0.29) is 12.5 Å². The maximum absolute atomic E-state index is 12.8. The van der Waals surface area contributed by atoms with Gasteiger partial charge < -0.3 is 15.3 Å². The van der Waals surface area contributed by atoms with E-state index >= 15 is 0 Å². The van der Waals surface area contributed by atoms with Gasteiger partial charge in [-0.25, -0.2) is 0 Å². The predicted octanol–water partition coefficient (Wildman–Crippen LogP) is 2.47. The van der Waals surface area contributed by atoms with E-state index in [1.807, 2.05) is 42.2 Å². The highest BCUT2D eigenvalue weighted by atomic mass is 16.3. The molecule has 1 atom stereocenters. The third-order valence-electron chi connectivity index (χ3n) is 5.14. The van der Waals surface area contributed by atoms with Gasteiger partial charge in [0.1, 0.15) is 0 Å². The summed E-state index contributed by atoms with van der Waals surface area (Å²) in [6.07, 6.45) is 4.97. The lowest BCUT2D eigenvalue weighted by molar-refractivity contribution is -0.156. The van der Waals surface area contributed by atoms with Crippen LogP contribution in [0.4, 0.5) is 0 Å². The summed E-state index contributed by atoms with van der Waals surface area (Å²) >= 11 is 0. The smallest absolute Gasteiger partial charge is 0.255 e. The standard InChI is InChI=1S/C22H29N3O2/c1-18-10-12-24-20(15-18)16-23-17-22(27)11-6-14-25(21(22)26)13-5-9-19-7-3-2-4-8-19/h2-4,7-8,10,12,15,23,27H,5-6,9,11,13-14,16-17H2,1H3. The second kappa shape index (κ2) is 9.11. The largest absolute Gasteiger partial charge is 0.379 e. The van der Waals surface area contributed by atoms with Gasteiger partial charge in [0.05, 0.1) is 5.69 Å². The van der Waals surface area contributed by atoms with Gasteiger partial charge in [-0.3, -0.25) is 9.78 Å². The van der Waals surface area contributed by atoms with E-state index in [9.17, 15) is 9.90 Å². The van der Waals surface area contributed by atoms with E-state index in [2.05, 4.69) is 22.4 Å². The Morgan fingerprint density at radius 3 is 2.85 bits per heavy atom. The average Bonchev–Trinajstić information content (AvgIpc) is 2.66. The molecule has 2 aromatic rings. The van der Waals surface area contributed by atoms with E-state index in [1.54, 1.807) is 6.20 Å². The molecular weight excluding hydrogens is 338 g/mol. The molecule has 1 aromatic carbocycles. The van der Waals surface area contributed by atoms with Crippen molar-refractivity contribution in [3.63, 3.8) is 0 Å². The highest BCUT2D eigenvalue weighted by molar-refractivity contribution is 5.86. The third-order valence-corrected chi connectivity index (χ3v) is 5.14. The van der Waals surface area contributed by atoms with Crippen LogP contribution >= 0.6 is 0 Å². The molecule has 1 amide bonds. The molecule has 2 N–H and O–H groups in total. The van der Waals surface area contributed by atoms with Crippen molar-refractivity contribution in [3.8, 4) is 0 Å². The lowest BCUT2D eigenvalue weighted by Crippen LogP contribution is -2.58. The van der Waals surface area contributed by atoms with Gasteiger partial charge in [0.15, 0.2) is 5.60 Å². The summed E-state index contributed by atoms with van der Waals surface area (Å²) in [5, 5.41) is 14.1. The molecular formula is C22H29N3O2. The Kier molecular flexibility index (Phi) is 6.58. The number of nitrogens with one attached hydrogen (secondary N) is 1. The fourth-order valence-electron chi connectivity index (χ4n) is 3.65. The Morgan fingerprint density at radius 2 is 2.07 bits per heavy atom. The number of likely N-dealkylation sites (tertiary alicyclic amines) is 1. The van der Waals surface area contributed by atoms with Crippen LogP contribution in [0.1, 0.15) is 36.1 Å². The monoisotopic (exact) mass is 367 g/mol. The molecule has 1 aromatic heterocycles. The van der Waals surface area contributed by atoms with Gasteiger partial charge in [0, 0.05) is 32.4 Å². The average molecular weight is 367 g/mol. The van der Waals surface area contributed by atoms with Gasteiger partial charge in [-0.1, -0.05) is 30.3 Å². The van der Waals surface area contributed by atoms with Gasteiger partial charge >= 0.3 is 0 Å². The number of rotatable bonds is 8. The molecule has 5 nitrogen and oxygen atoms in total. The molecule has 0 radical (unpaired) electrons. The summed E-state index contributed by atoms with van der Waals surface area (Å²) in [5.74, 6) is -0.147. The maximum Gasteiger partial charge on any atom is 0.255 e. The number of hydrogen-bond acceptors (Lipinski definition) is 4. The minimum atomic E-state index is -1.31. The number of aliphatic hydroxyl groups is 1. The number of benzene rings is 1. The summed E-state index contributed by atoms with van der Waals surface area (Å²) in [5.41, 5.74) is 2.04. The molecule has 3 rings (SSSR count). The van der Waals surface area contributed by atoms with Crippen molar-refractivity contribution in [1.82, 2.24) is 15.2 Å². The van der Waals surface area contributed by atoms with Crippen LogP contribution in [0.2, 0.25) is 0 Å². The highest BCUT2D eigenvalue weighted by Crippen LogP contribution is 2.22. The molecule has 0 bridgehead atoms. The van der Waals surface area contributed by atoms with Gasteiger partial charge in [0.2, 0.25) is 0 Å². The second-order valence-corrected chi connectivity index (χ2v) is 7.44. The van der Waals surface area contributed by atoms with Crippen molar-refractivity contribution in [2.24, 2.45) is 0 Å². The van der Waals surface area contributed by atoms with Crippen molar-refractivity contribution in [2.75, 3.05) is 19.6 Å².